The molecule has 0 radical (unpaired) electrons. The lowest BCUT2D eigenvalue weighted by molar-refractivity contribution is -0.137. The molecule has 0 atom stereocenters. The Kier molecular flexibility index (Phi) is 7.25. The van der Waals surface area contributed by atoms with Crippen LogP contribution in [0.25, 0.3) is 0 Å². The van der Waals surface area contributed by atoms with E-state index < -0.39 is 5.97 Å². The quantitative estimate of drug-likeness (QED) is 0.575. The van der Waals surface area contributed by atoms with Crippen molar-refractivity contribution in [2.45, 2.75) is 31.7 Å². The maximum atomic E-state index is 11.8. The zero-order chi connectivity index (χ0) is 18.9. The van der Waals surface area contributed by atoms with Crippen LogP contribution >= 0.6 is 0 Å². The summed E-state index contributed by atoms with van der Waals surface area (Å²) in [6, 6.07) is 7.38. The largest absolute Gasteiger partial charge is 0.484 e. The lowest BCUT2D eigenvalue weighted by atomic mass is 10.1. The number of benzene rings is 1. The van der Waals surface area contributed by atoms with Gasteiger partial charge in [-0.2, -0.15) is 0 Å². The fraction of sp³-hybridized carbons (Fsp3) is 0.500. The predicted molar refractivity (Wildman–Crippen MR) is 95.1 cm³/mol. The van der Waals surface area contributed by atoms with Gasteiger partial charge in [0.25, 0.3) is 5.91 Å². The van der Waals surface area contributed by atoms with Crippen LogP contribution in [0.4, 0.5) is 4.79 Å². The SMILES string of the molecule is CN(CCC(=O)O)C(=O)NCCc1ccc(OCC(=O)NC2CC2)cc1. The Labute approximate surface area is 152 Å². The van der Waals surface area contributed by atoms with E-state index in [9.17, 15) is 14.4 Å². The minimum absolute atomic E-state index is 0.00851. The number of hydrogen-bond acceptors (Lipinski definition) is 4. The summed E-state index contributed by atoms with van der Waals surface area (Å²) in [5, 5.41) is 14.2. The van der Waals surface area contributed by atoms with Gasteiger partial charge in [0.1, 0.15) is 5.75 Å². The predicted octanol–water partition coefficient (Wildman–Crippen LogP) is 1.00. The first-order valence-electron chi connectivity index (χ1n) is 8.66. The van der Waals surface area contributed by atoms with Crippen molar-refractivity contribution in [3.05, 3.63) is 29.8 Å². The van der Waals surface area contributed by atoms with E-state index in [2.05, 4.69) is 10.6 Å². The highest BCUT2D eigenvalue weighted by molar-refractivity contribution is 5.78. The maximum Gasteiger partial charge on any atom is 0.317 e. The lowest BCUT2D eigenvalue weighted by Crippen LogP contribution is -2.39. The van der Waals surface area contributed by atoms with Gasteiger partial charge in [0, 0.05) is 26.2 Å². The molecule has 142 valence electrons. The Hall–Kier alpha value is -2.77. The Morgan fingerprint density at radius 3 is 2.54 bits per heavy atom. The number of carboxylic acid groups (broad SMARTS) is 1. The first kappa shape index (κ1) is 19.6. The summed E-state index contributed by atoms with van der Waals surface area (Å²) in [7, 11) is 1.56. The monoisotopic (exact) mass is 363 g/mol. The number of hydrogen-bond donors (Lipinski definition) is 3. The van der Waals surface area contributed by atoms with Crippen LogP contribution in [0.2, 0.25) is 0 Å². The standard InChI is InChI=1S/C18H25N3O5/c1-21(11-9-17(23)24)18(25)19-10-8-13-2-6-15(7-3-13)26-12-16(22)20-14-4-5-14/h2-3,6-7,14H,4-5,8-12H2,1H3,(H,19,25)(H,20,22)(H,23,24). The van der Waals surface area contributed by atoms with Crippen molar-refractivity contribution in [2.75, 3.05) is 26.7 Å². The van der Waals surface area contributed by atoms with E-state index >= 15 is 0 Å². The molecule has 3 amide bonds. The summed E-state index contributed by atoms with van der Waals surface area (Å²) >= 11 is 0. The van der Waals surface area contributed by atoms with Crippen molar-refractivity contribution in [1.82, 2.24) is 15.5 Å². The van der Waals surface area contributed by atoms with E-state index in [0.29, 0.717) is 24.8 Å². The molecule has 1 aromatic carbocycles. The molecule has 26 heavy (non-hydrogen) atoms. The molecule has 3 N–H and O–H groups in total. The average Bonchev–Trinajstić information content (AvgIpc) is 3.42. The minimum Gasteiger partial charge on any atom is -0.484 e. The van der Waals surface area contributed by atoms with E-state index in [1.165, 1.54) is 4.90 Å². The summed E-state index contributed by atoms with van der Waals surface area (Å²) in [5.74, 6) is -0.416. The second-order valence-electron chi connectivity index (χ2n) is 6.32. The van der Waals surface area contributed by atoms with Gasteiger partial charge in [-0.1, -0.05) is 12.1 Å². The Morgan fingerprint density at radius 1 is 1.23 bits per heavy atom. The van der Waals surface area contributed by atoms with E-state index in [0.717, 1.165) is 18.4 Å². The Bertz CT molecular complexity index is 628. The minimum atomic E-state index is -0.933. The smallest absolute Gasteiger partial charge is 0.317 e. The number of aliphatic carboxylic acids is 1. The van der Waals surface area contributed by atoms with Crippen molar-refractivity contribution in [1.29, 1.82) is 0 Å². The van der Waals surface area contributed by atoms with Gasteiger partial charge in [-0.05, 0) is 37.0 Å². The highest BCUT2D eigenvalue weighted by atomic mass is 16.5. The fourth-order valence-corrected chi connectivity index (χ4v) is 2.21. The lowest BCUT2D eigenvalue weighted by Gasteiger charge is -2.16. The molecular formula is C18H25N3O5. The second kappa shape index (κ2) is 9.65. The molecule has 0 aromatic heterocycles. The van der Waals surface area contributed by atoms with E-state index in [1.54, 1.807) is 19.2 Å². The Balaban J connectivity index is 1.64. The van der Waals surface area contributed by atoms with Crippen LogP contribution in [-0.2, 0) is 16.0 Å². The zero-order valence-electron chi connectivity index (χ0n) is 14.9. The average molecular weight is 363 g/mol. The van der Waals surface area contributed by atoms with Crippen molar-refractivity contribution in [2.24, 2.45) is 0 Å². The number of ether oxygens (including phenoxy) is 1. The number of carbonyl (C=O) groups excluding carboxylic acids is 2. The molecule has 1 aliphatic rings. The van der Waals surface area contributed by atoms with Crippen LogP contribution in [0.15, 0.2) is 24.3 Å². The Morgan fingerprint density at radius 2 is 1.92 bits per heavy atom. The second-order valence-corrected chi connectivity index (χ2v) is 6.32. The van der Waals surface area contributed by atoms with E-state index in [-0.39, 0.29) is 31.5 Å². The van der Waals surface area contributed by atoms with E-state index in [1.807, 2.05) is 12.1 Å². The molecule has 0 unspecified atom stereocenters. The molecule has 0 bridgehead atoms. The van der Waals surface area contributed by atoms with E-state index in [4.69, 9.17) is 9.84 Å². The van der Waals surface area contributed by atoms with Crippen LogP contribution in [0, 0.1) is 0 Å². The summed E-state index contributed by atoms with van der Waals surface area (Å²) in [5.41, 5.74) is 1.02. The van der Waals surface area contributed by atoms with Gasteiger partial charge in [0.15, 0.2) is 6.61 Å². The number of nitrogens with zero attached hydrogens (tertiary/aromatic N) is 1. The highest BCUT2D eigenvalue weighted by Gasteiger charge is 2.23. The molecule has 0 aliphatic heterocycles. The number of carboxylic acids is 1. The van der Waals surface area contributed by atoms with Crippen LogP contribution in [-0.4, -0.2) is 60.7 Å². The zero-order valence-corrected chi connectivity index (χ0v) is 14.9. The number of nitrogens with one attached hydrogen (secondary N) is 2. The molecule has 8 nitrogen and oxygen atoms in total. The van der Waals surface area contributed by atoms with Crippen molar-refractivity contribution in [3.63, 3.8) is 0 Å². The van der Waals surface area contributed by atoms with Gasteiger partial charge in [-0.15, -0.1) is 0 Å². The number of rotatable bonds is 10. The van der Waals surface area contributed by atoms with Crippen LogP contribution in [0.5, 0.6) is 5.75 Å². The van der Waals surface area contributed by atoms with Gasteiger partial charge in [-0.25, -0.2) is 4.79 Å². The molecule has 1 aliphatic carbocycles. The molecule has 0 saturated heterocycles. The third kappa shape index (κ3) is 7.42. The molecule has 0 spiro atoms. The third-order valence-corrected chi connectivity index (χ3v) is 3.93. The maximum absolute atomic E-state index is 11.8. The number of urea groups is 1. The van der Waals surface area contributed by atoms with Crippen molar-refractivity contribution < 1.29 is 24.2 Å². The first-order valence-corrected chi connectivity index (χ1v) is 8.66. The molecule has 1 saturated carbocycles. The first-order chi connectivity index (χ1) is 12.4. The highest BCUT2D eigenvalue weighted by Crippen LogP contribution is 2.18. The topological polar surface area (TPSA) is 108 Å². The van der Waals surface area contributed by atoms with Crippen LogP contribution in [0.3, 0.4) is 0 Å². The molecular weight excluding hydrogens is 338 g/mol. The van der Waals surface area contributed by atoms with Crippen molar-refractivity contribution in [3.8, 4) is 5.75 Å². The summed E-state index contributed by atoms with van der Waals surface area (Å²) in [6.07, 6.45) is 2.66. The van der Waals surface area contributed by atoms with Gasteiger partial charge in [0.05, 0.1) is 6.42 Å². The molecule has 8 heteroatoms. The van der Waals surface area contributed by atoms with Gasteiger partial charge >= 0.3 is 12.0 Å². The van der Waals surface area contributed by atoms with Crippen LogP contribution in [0.1, 0.15) is 24.8 Å². The summed E-state index contributed by atoms with van der Waals surface area (Å²) in [4.78, 5) is 35.2. The summed E-state index contributed by atoms with van der Waals surface area (Å²) in [6.45, 7) is 0.621. The van der Waals surface area contributed by atoms with Gasteiger partial charge < -0.3 is 25.4 Å². The molecule has 1 fully saturated rings. The fourth-order valence-electron chi connectivity index (χ4n) is 2.21. The molecule has 2 rings (SSSR count). The third-order valence-electron chi connectivity index (χ3n) is 3.93. The van der Waals surface area contributed by atoms with Gasteiger partial charge in [0.2, 0.25) is 0 Å². The van der Waals surface area contributed by atoms with Crippen LogP contribution < -0.4 is 15.4 Å². The number of amides is 3. The molecule has 1 aromatic rings. The number of carbonyl (C=O) groups is 3. The van der Waals surface area contributed by atoms with Crippen molar-refractivity contribution >= 4 is 17.9 Å². The van der Waals surface area contributed by atoms with Gasteiger partial charge in [-0.3, -0.25) is 9.59 Å². The summed E-state index contributed by atoms with van der Waals surface area (Å²) < 4.78 is 5.44. The molecule has 0 heterocycles. The normalized spacial score (nSPS) is 13.0.